The van der Waals surface area contributed by atoms with E-state index in [1.165, 1.54) is 18.2 Å². The number of carbonyl (C=O) groups is 1. The Bertz CT molecular complexity index is 708. The highest BCUT2D eigenvalue weighted by Gasteiger charge is 2.05. The van der Waals surface area contributed by atoms with Gasteiger partial charge in [-0.1, -0.05) is 6.07 Å². The van der Waals surface area contributed by atoms with Crippen molar-refractivity contribution in [2.24, 2.45) is 0 Å². The van der Waals surface area contributed by atoms with Crippen molar-refractivity contribution >= 4 is 17.7 Å². The summed E-state index contributed by atoms with van der Waals surface area (Å²) in [5, 5.41) is 11.9. The molecule has 0 atom stereocenters. The van der Waals surface area contributed by atoms with Gasteiger partial charge in [-0.05, 0) is 61.9 Å². The first kappa shape index (κ1) is 17.4. The van der Waals surface area contributed by atoms with Crippen molar-refractivity contribution in [1.82, 2.24) is 0 Å². The Morgan fingerprint density at radius 3 is 2.38 bits per heavy atom. The van der Waals surface area contributed by atoms with Gasteiger partial charge < -0.3 is 19.9 Å². The number of ether oxygens (including phenoxy) is 2. The van der Waals surface area contributed by atoms with Gasteiger partial charge >= 0.3 is 0 Å². The molecule has 0 saturated carbocycles. The maximum Gasteiger partial charge on any atom is 0.248 e. The zero-order valence-electron chi connectivity index (χ0n) is 13.8. The van der Waals surface area contributed by atoms with Crippen molar-refractivity contribution in [1.29, 1.82) is 0 Å². The number of anilines is 1. The Labute approximate surface area is 141 Å². The van der Waals surface area contributed by atoms with Gasteiger partial charge in [0.25, 0.3) is 0 Å². The predicted molar refractivity (Wildman–Crippen MR) is 94.6 cm³/mol. The summed E-state index contributed by atoms with van der Waals surface area (Å²) in [7, 11) is 0. The number of rotatable bonds is 7. The number of hydrogen-bond acceptors (Lipinski definition) is 4. The van der Waals surface area contributed by atoms with Crippen LogP contribution in [-0.4, -0.2) is 24.2 Å². The lowest BCUT2D eigenvalue weighted by Crippen LogP contribution is -2.07. The molecule has 126 valence electrons. The highest BCUT2D eigenvalue weighted by molar-refractivity contribution is 6.01. The second-order valence-corrected chi connectivity index (χ2v) is 4.94. The van der Waals surface area contributed by atoms with Crippen LogP contribution in [0.3, 0.4) is 0 Å². The van der Waals surface area contributed by atoms with Crippen molar-refractivity contribution in [2.75, 3.05) is 18.5 Å². The van der Waals surface area contributed by atoms with Crippen LogP contribution >= 0.6 is 0 Å². The summed E-state index contributed by atoms with van der Waals surface area (Å²) in [4.78, 5) is 11.9. The average Bonchev–Trinajstić information content (AvgIpc) is 2.57. The Hall–Kier alpha value is -2.95. The van der Waals surface area contributed by atoms with Gasteiger partial charge in [-0.15, -0.1) is 0 Å². The quantitative estimate of drug-likeness (QED) is 0.599. The van der Waals surface area contributed by atoms with E-state index in [1.807, 2.05) is 32.0 Å². The fourth-order valence-electron chi connectivity index (χ4n) is 2.07. The van der Waals surface area contributed by atoms with Crippen LogP contribution in [0, 0.1) is 0 Å². The molecule has 5 heteroatoms. The van der Waals surface area contributed by atoms with Gasteiger partial charge in [-0.25, -0.2) is 0 Å². The van der Waals surface area contributed by atoms with Gasteiger partial charge in [-0.3, -0.25) is 4.79 Å². The van der Waals surface area contributed by atoms with Crippen molar-refractivity contribution < 1.29 is 19.4 Å². The number of benzene rings is 2. The first-order chi connectivity index (χ1) is 11.6. The van der Waals surface area contributed by atoms with Crippen LogP contribution in [0.15, 0.2) is 48.5 Å². The number of phenols is 1. The standard InChI is InChI=1S/C19H21NO4/c1-3-23-17-11-5-14(13-18(17)24-4-2)6-12-19(22)20-15-7-9-16(21)10-8-15/h5-13,21H,3-4H2,1-2H3,(H,20,22). The third-order valence-electron chi connectivity index (χ3n) is 3.13. The molecular formula is C19H21NO4. The van der Waals surface area contributed by atoms with Gasteiger partial charge in [0.15, 0.2) is 11.5 Å². The van der Waals surface area contributed by atoms with Gasteiger partial charge in [-0.2, -0.15) is 0 Å². The zero-order valence-corrected chi connectivity index (χ0v) is 13.8. The van der Waals surface area contributed by atoms with E-state index in [-0.39, 0.29) is 11.7 Å². The highest BCUT2D eigenvalue weighted by Crippen LogP contribution is 2.29. The third kappa shape index (κ3) is 5.05. The van der Waals surface area contributed by atoms with Crippen LogP contribution in [0.5, 0.6) is 17.2 Å². The summed E-state index contributed by atoms with van der Waals surface area (Å²) in [5.74, 6) is 1.24. The molecule has 2 rings (SSSR count). The second-order valence-electron chi connectivity index (χ2n) is 4.94. The minimum atomic E-state index is -0.257. The molecule has 1 amide bonds. The van der Waals surface area contributed by atoms with E-state index in [9.17, 15) is 9.90 Å². The first-order valence-electron chi connectivity index (χ1n) is 7.80. The van der Waals surface area contributed by atoms with E-state index in [0.717, 1.165) is 5.56 Å². The first-order valence-corrected chi connectivity index (χ1v) is 7.80. The summed E-state index contributed by atoms with van der Waals surface area (Å²) in [6, 6.07) is 11.8. The molecule has 0 aliphatic rings. The number of carbonyl (C=O) groups excluding carboxylic acids is 1. The molecule has 0 radical (unpaired) electrons. The Balaban J connectivity index is 2.05. The van der Waals surface area contributed by atoms with Crippen LogP contribution in [0.4, 0.5) is 5.69 Å². The lowest BCUT2D eigenvalue weighted by Gasteiger charge is -2.11. The SMILES string of the molecule is CCOc1ccc(C=CC(=O)Nc2ccc(O)cc2)cc1OCC. The van der Waals surface area contributed by atoms with E-state index >= 15 is 0 Å². The van der Waals surface area contributed by atoms with Gasteiger partial charge in [0.1, 0.15) is 5.75 Å². The van der Waals surface area contributed by atoms with E-state index < -0.39 is 0 Å². The molecule has 0 spiro atoms. The number of aromatic hydroxyl groups is 1. The molecule has 2 aromatic rings. The van der Waals surface area contributed by atoms with Crippen molar-refractivity contribution in [2.45, 2.75) is 13.8 Å². The van der Waals surface area contributed by atoms with Crippen LogP contribution in [0.2, 0.25) is 0 Å². The number of amides is 1. The average molecular weight is 327 g/mol. The minimum absolute atomic E-state index is 0.154. The van der Waals surface area contributed by atoms with E-state index in [2.05, 4.69) is 5.32 Å². The largest absolute Gasteiger partial charge is 0.508 e. The maximum atomic E-state index is 11.9. The molecule has 0 unspecified atom stereocenters. The molecule has 5 nitrogen and oxygen atoms in total. The summed E-state index contributed by atoms with van der Waals surface area (Å²) < 4.78 is 11.1. The lowest BCUT2D eigenvalue weighted by atomic mass is 10.2. The van der Waals surface area contributed by atoms with Crippen LogP contribution in [-0.2, 0) is 4.79 Å². The summed E-state index contributed by atoms with van der Waals surface area (Å²) >= 11 is 0. The molecule has 0 aliphatic carbocycles. The molecule has 0 aromatic heterocycles. The topological polar surface area (TPSA) is 67.8 Å². The molecule has 2 N–H and O–H groups in total. The molecule has 0 bridgehead atoms. The van der Waals surface area contributed by atoms with E-state index in [0.29, 0.717) is 30.4 Å². The number of phenolic OH excluding ortho intramolecular Hbond substituents is 1. The summed E-state index contributed by atoms with van der Waals surface area (Å²) in [6.45, 7) is 4.92. The maximum absolute atomic E-state index is 11.9. The summed E-state index contributed by atoms with van der Waals surface area (Å²) in [5.41, 5.74) is 1.45. The molecule has 0 saturated heterocycles. The lowest BCUT2D eigenvalue weighted by molar-refractivity contribution is -0.111. The predicted octanol–water partition coefficient (Wildman–Crippen LogP) is 3.84. The third-order valence-corrected chi connectivity index (χ3v) is 3.13. The van der Waals surface area contributed by atoms with Crippen molar-refractivity contribution in [3.63, 3.8) is 0 Å². The Morgan fingerprint density at radius 2 is 1.71 bits per heavy atom. The molecule has 0 aliphatic heterocycles. The van der Waals surface area contributed by atoms with Gasteiger partial charge in [0, 0.05) is 11.8 Å². The highest BCUT2D eigenvalue weighted by atomic mass is 16.5. The monoisotopic (exact) mass is 327 g/mol. The van der Waals surface area contributed by atoms with Crippen molar-refractivity contribution in [3.05, 3.63) is 54.1 Å². The Kier molecular flexibility index (Phi) is 6.25. The zero-order chi connectivity index (χ0) is 17.4. The van der Waals surface area contributed by atoms with Crippen LogP contribution in [0.1, 0.15) is 19.4 Å². The van der Waals surface area contributed by atoms with Crippen LogP contribution in [0.25, 0.3) is 6.08 Å². The second kappa shape index (κ2) is 8.62. The fraction of sp³-hybridized carbons (Fsp3) is 0.211. The van der Waals surface area contributed by atoms with Gasteiger partial charge in [0.2, 0.25) is 5.91 Å². The van der Waals surface area contributed by atoms with E-state index in [4.69, 9.17) is 9.47 Å². The molecular weight excluding hydrogens is 306 g/mol. The smallest absolute Gasteiger partial charge is 0.248 e. The van der Waals surface area contributed by atoms with Gasteiger partial charge in [0.05, 0.1) is 13.2 Å². The normalized spacial score (nSPS) is 10.6. The molecule has 0 heterocycles. The van der Waals surface area contributed by atoms with Crippen molar-refractivity contribution in [3.8, 4) is 17.2 Å². The summed E-state index contributed by atoms with van der Waals surface area (Å²) in [6.07, 6.45) is 3.15. The Morgan fingerprint density at radius 1 is 1.04 bits per heavy atom. The number of nitrogens with one attached hydrogen (secondary N) is 1. The van der Waals surface area contributed by atoms with Crippen LogP contribution < -0.4 is 14.8 Å². The minimum Gasteiger partial charge on any atom is -0.508 e. The number of hydrogen-bond donors (Lipinski definition) is 2. The fourth-order valence-corrected chi connectivity index (χ4v) is 2.07. The van der Waals surface area contributed by atoms with E-state index in [1.54, 1.807) is 18.2 Å². The molecule has 0 fully saturated rings. The molecule has 2 aromatic carbocycles. The molecule has 24 heavy (non-hydrogen) atoms.